The monoisotopic (exact) mass is 479 g/mol. The van der Waals surface area contributed by atoms with E-state index in [-0.39, 0.29) is 24.0 Å². The van der Waals surface area contributed by atoms with Gasteiger partial charge in [0, 0.05) is 31.1 Å². The summed E-state index contributed by atoms with van der Waals surface area (Å²) in [6.45, 7) is 1.87. The molecule has 0 radical (unpaired) electrons. The summed E-state index contributed by atoms with van der Waals surface area (Å²) in [5.74, 6) is 2.74. The first-order chi connectivity index (χ1) is 12.8. The third kappa shape index (κ3) is 4.82. The molecule has 3 aromatic rings. The largest absolute Gasteiger partial charge is 0.490 e. The Kier molecular flexibility index (Phi) is 6.38. The average molecular weight is 479 g/mol. The van der Waals surface area contributed by atoms with E-state index < -0.39 is 0 Å². The summed E-state index contributed by atoms with van der Waals surface area (Å²) >= 11 is 0. The van der Waals surface area contributed by atoms with Crippen LogP contribution in [0.4, 0.5) is 5.69 Å². The first-order valence-electron chi connectivity index (χ1n) is 8.68. The molecule has 0 saturated carbocycles. The van der Waals surface area contributed by atoms with Crippen molar-refractivity contribution in [3.05, 3.63) is 48.3 Å². The van der Waals surface area contributed by atoms with Gasteiger partial charge in [0.1, 0.15) is 5.82 Å². The van der Waals surface area contributed by atoms with Crippen molar-refractivity contribution in [2.24, 2.45) is 10.7 Å². The lowest BCUT2D eigenvalue weighted by molar-refractivity contribution is 0.297. The molecular weight excluding hydrogens is 457 g/mol. The first-order valence-corrected chi connectivity index (χ1v) is 8.68. The minimum absolute atomic E-state index is 0. The van der Waals surface area contributed by atoms with Crippen LogP contribution in [0.3, 0.4) is 0 Å². The van der Waals surface area contributed by atoms with Crippen molar-refractivity contribution in [3.8, 4) is 11.5 Å². The van der Waals surface area contributed by atoms with Gasteiger partial charge >= 0.3 is 0 Å². The molecule has 1 aromatic heterocycles. The normalized spacial score (nSPS) is 13.7. The Hall–Kier alpha value is -2.49. The average Bonchev–Trinajstić information content (AvgIpc) is 2.91. The molecule has 4 rings (SSSR count). The molecular formula is C19H22IN5O2. The van der Waals surface area contributed by atoms with Gasteiger partial charge < -0.3 is 25.5 Å². The molecule has 2 heterocycles. The molecule has 0 aliphatic carbocycles. The maximum atomic E-state index is 5.99. The second-order valence-electron chi connectivity index (χ2n) is 6.05. The second-order valence-corrected chi connectivity index (χ2v) is 6.05. The van der Waals surface area contributed by atoms with Gasteiger partial charge in [-0.3, -0.25) is 4.99 Å². The number of aromatic amines is 1. The van der Waals surface area contributed by atoms with E-state index in [0.29, 0.717) is 32.1 Å². The fourth-order valence-corrected chi connectivity index (χ4v) is 2.83. The van der Waals surface area contributed by atoms with Crippen molar-refractivity contribution in [2.75, 3.05) is 25.1 Å². The highest BCUT2D eigenvalue weighted by Crippen LogP contribution is 2.32. The molecule has 8 heteroatoms. The number of nitrogens with one attached hydrogen (secondary N) is 2. The van der Waals surface area contributed by atoms with Crippen LogP contribution in [0.15, 0.2) is 47.5 Å². The summed E-state index contributed by atoms with van der Waals surface area (Å²) in [6.07, 6.45) is 1.57. The van der Waals surface area contributed by atoms with Crippen LogP contribution in [0.25, 0.3) is 11.0 Å². The molecule has 0 spiro atoms. The number of ether oxygens (including phenoxy) is 2. The van der Waals surface area contributed by atoms with Gasteiger partial charge in [-0.15, -0.1) is 24.0 Å². The number of halogens is 1. The van der Waals surface area contributed by atoms with Gasteiger partial charge in [0.25, 0.3) is 0 Å². The minimum Gasteiger partial charge on any atom is -0.490 e. The number of fused-ring (bicyclic) bond motifs is 2. The number of nitrogens with two attached hydrogens (primary N) is 1. The summed E-state index contributed by atoms with van der Waals surface area (Å²) in [7, 11) is 0. The van der Waals surface area contributed by atoms with E-state index in [1.54, 1.807) is 0 Å². The van der Waals surface area contributed by atoms with E-state index in [9.17, 15) is 0 Å². The highest BCUT2D eigenvalue weighted by molar-refractivity contribution is 14.0. The van der Waals surface area contributed by atoms with Crippen LogP contribution in [0.2, 0.25) is 0 Å². The summed E-state index contributed by atoms with van der Waals surface area (Å²) in [6, 6.07) is 13.6. The number of guanidine groups is 1. The maximum absolute atomic E-state index is 5.99. The number of aliphatic imine (C=N–C) groups is 1. The van der Waals surface area contributed by atoms with Crippen LogP contribution in [-0.2, 0) is 6.42 Å². The lowest BCUT2D eigenvalue weighted by Crippen LogP contribution is -2.23. The predicted octanol–water partition coefficient (Wildman–Crippen LogP) is 3.31. The Balaban J connectivity index is 0.00000210. The van der Waals surface area contributed by atoms with Crippen molar-refractivity contribution in [1.82, 2.24) is 9.97 Å². The molecule has 27 heavy (non-hydrogen) atoms. The Morgan fingerprint density at radius 3 is 2.81 bits per heavy atom. The number of rotatable bonds is 4. The highest BCUT2D eigenvalue weighted by Gasteiger charge is 2.10. The van der Waals surface area contributed by atoms with Gasteiger partial charge in [-0.05, 0) is 24.3 Å². The van der Waals surface area contributed by atoms with Gasteiger partial charge in [-0.1, -0.05) is 12.1 Å². The number of H-pyrrole nitrogens is 1. The van der Waals surface area contributed by atoms with Crippen molar-refractivity contribution >= 4 is 46.7 Å². The molecule has 0 amide bonds. The van der Waals surface area contributed by atoms with Crippen LogP contribution >= 0.6 is 24.0 Å². The number of hydrogen-bond donors (Lipinski definition) is 3. The molecule has 0 bridgehead atoms. The zero-order valence-corrected chi connectivity index (χ0v) is 17.1. The van der Waals surface area contributed by atoms with Gasteiger partial charge in [-0.25, -0.2) is 4.98 Å². The summed E-state index contributed by atoms with van der Waals surface area (Å²) in [5, 5.41) is 3.09. The maximum Gasteiger partial charge on any atom is 0.193 e. The molecule has 1 aliphatic rings. The van der Waals surface area contributed by atoms with E-state index in [0.717, 1.165) is 40.5 Å². The molecule has 4 N–H and O–H groups in total. The first kappa shape index (κ1) is 19.3. The Bertz CT molecular complexity index is 908. The van der Waals surface area contributed by atoms with Crippen LogP contribution < -0.4 is 20.5 Å². The number of hydrogen-bond acceptors (Lipinski definition) is 4. The van der Waals surface area contributed by atoms with E-state index in [2.05, 4.69) is 20.3 Å². The van der Waals surface area contributed by atoms with E-state index >= 15 is 0 Å². The Labute approximate surface area is 174 Å². The fourth-order valence-electron chi connectivity index (χ4n) is 2.83. The zero-order valence-electron chi connectivity index (χ0n) is 14.8. The topological polar surface area (TPSA) is 97.6 Å². The van der Waals surface area contributed by atoms with Gasteiger partial charge in [0.05, 0.1) is 24.2 Å². The van der Waals surface area contributed by atoms with Gasteiger partial charge in [0.2, 0.25) is 0 Å². The molecule has 0 saturated heterocycles. The SMILES string of the molecule is I.NC(=NCCc1nc2ccccc2[nH]1)Nc1ccc2c(c1)OCCCO2. The second kappa shape index (κ2) is 8.94. The number of anilines is 1. The van der Waals surface area contributed by atoms with Crippen LogP contribution in [0.5, 0.6) is 11.5 Å². The van der Waals surface area contributed by atoms with Crippen molar-refractivity contribution in [1.29, 1.82) is 0 Å². The Morgan fingerprint density at radius 2 is 1.96 bits per heavy atom. The third-order valence-electron chi connectivity index (χ3n) is 4.09. The van der Waals surface area contributed by atoms with Crippen LogP contribution in [-0.4, -0.2) is 35.7 Å². The van der Waals surface area contributed by atoms with E-state index in [1.807, 2.05) is 42.5 Å². The number of imidazole rings is 1. The van der Waals surface area contributed by atoms with Crippen molar-refractivity contribution in [2.45, 2.75) is 12.8 Å². The molecule has 0 atom stereocenters. The smallest absolute Gasteiger partial charge is 0.193 e. The molecule has 7 nitrogen and oxygen atoms in total. The lowest BCUT2D eigenvalue weighted by atomic mass is 10.3. The summed E-state index contributed by atoms with van der Waals surface area (Å²) in [5.41, 5.74) is 8.80. The fraction of sp³-hybridized carbons (Fsp3) is 0.263. The number of benzene rings is 2. The van der Waals surface area contributed by atoms with Gasteiger partial charge in [-0.2, -0.15) is 0 Å². The highest BCUT2D eigenvalue weighted by atomic mass is 127. The predicted molar refractivity (Wildman–Crippen MR) is 117 cm³/mol. The molecule has 0 unspecified atom stereocenters. The van der Waals surface area contributed by atoms with Crippen molar-refractivity contribution in [3.63, 3.8) is 0 Å². The molecule has 142 valence electrons. The number of para-hydroxylation sites is 2. The Morgan fingerprint density at radius 1 is 1.15 bits per heavy atom. The quantitative estimate of drug-likeness (QED) is 0.303. The number of nitrogens with zero attached hydrogens (tertiary/aromatic N) is 2. The van der Waals surface area contributed by atoms with E-state index in [1.165, 1.54) is 0 Å². The summed E-state index contributed by atoms with van der Waals surface area (Å²) in [4.78, 5) is 12.2. The van der Waals surface area contributed by atoms with Crippen molar-refractivity contribution < 1.29 is 9.47 Å². The molecule has 0 fully saturated rings. The lowest BCUT2D eigenvalue weighted by Gasteiger charge is -2.10. The van der Waals surface area contributed by atoms with Crippen LogP contribution in [0.1, 0.15) is 12.2 Å². The van der Waals surface area contributed by atoms with E-state index in [4.69, 9.17) is 15.2 Å². The van der Waals surface area contributed by atoms with Crippen LogP contribution in [0, 0.1) is 0 Å². The third-order valence-corrected chi connectivity index (χ3v) is 4.09. The van der Waals surface area contributed by atoms with Gasteiger partial charge in [0.15, 0.2) is 17.5 Å². The molecule has 2 aromatic carbocycles. The number of aromatic nitrogens is 2. The summed E-state index contributed by atoms with van der Waals surface area (Å²) < 4.78 is 11.3. The minimum atomic E-state index is 0. The molecule has 1 aliphatic heterocycles. The standard InChI is InChI=1S/C19H21N5O2.HI/c20-19(21-9-8-18-23-14-4-1-2-5-15(14)24-18)22-13-6-7-16-17(12-13)26-11-3-10-25-16;/h1-2,4-7,12H,3,8-11H2,(H,23,24)(H3,20,21,22);1H. The zero-order chi connectivity index (χ0) is 17.8.